The highest BCUT2D eigenvalue weighted by molar-refractivity contribution is 5.93. The molecule has 0 aliphatic carbocycles. The van der Waals surface area contributed by atoms with Gasteiger partial charge in [-0.15, -0.1) is 0 Å². The van der Waals surface area contributed by atoms with Crippen molar-refractivity contribution in [2.45, 2.75) is 26.3 Å². The van der Waals surface area contributed by atoms with Crippen LogP contribution in [0.5, 0.6) is 0 Å². The molecule has 3 aromatic rings. The second-order valence-electron chi connectivity index (χ2n) is 6.55. The maximum absolute atomic E-state index is 12.4. The van der Waals surface area contributed by atoms with Crippen LogP contribution in [0.2, 0.25) is 0 Å². The minimum atomic E-state index is -0.713. The van der Waals surface area contributed by atoms with E-state index in [0.29, 0.717) is 17.2 Å². The smallest absolute Gasteiger partial charge is 0.328 e. The van der Waals surface area contributed by atoms with Crippen LogP contribution in [0.1, 0.15) is 20.3 Å². The predicted octanol–water partition coefficient (Wildman–Crippen LogP) is 4.20. The van der Waals surface area contributed by atoms with Crippen molar-refractivity contribution in [2.75, 3.05) is 12.4 Å². The van der Waals surface area contributed by atoms with Crippen molar-refractivity contribution in [3.05, 3.63) is 48.5 Å². The molecule has 28 heavy (non-hydrogen) atoms. The molecule has 0 bridgehead atoms. The summed E-state index contributed by atoms with van der Waals surface area (Å²) in [6.45, 7) is 3.83. The Kier molecular flexibility index (Phi) is 5.93. The van der Waals surface area contributed by atoms with Crippen molar-refractivity contribution in [1.29, 1.82) is 0 Å². The van der Waals surface area contributed by atoms with Crippen molar-refractivity contribution in [3.8, 4) is 11.5 Å². The summed E-state index contributed by atoms with van der Waals surface area (Å²) in [6.07, 6.45) is 0.729. The number of hydrogen-bond acceptors (Lipinski definition) is 5. The number of para-hydroxylation sites is 2. The predicted molar refractivity (Wildman–Crippen MR) is 107 cm³/mol. The summed E-state index contributed by atoms with van der Waals surface area (Å²) < 4.78 is 10.6. The topological polar surface area (TPSA) is 93.5 Å². The fraction of sp³-hybridized carbons (Fsp3) is 0.286. The van der Waals surface area contributed by atoms with Crippen molar-refractivity contribution < 1.29 is 18.7 Å². The van der Waals surface area contributed by atoms with Crippen molar-refractivity contribution in [3.63, 3.8) is 0 Å². The van der Waals surface area contributed by atoms with Crippen molar-refractivity contribution in [1.82, 2.24) is 10.3 Å². The first-order valence-corrected chi connectivity index (χ1v) is 9.13. The monoisotopic (exact) mass is 381 g/mol. The number of ether oxygens (including phenoxy) is 1. The average molecular weight is 381 g/mol. The molecule has 146 valence electrons. The van der Waals surface area contributed by atoms with Crippen LogP contribution < -0.4 is 10.6 Å². The van der Waals surface area contributed by atoms with Gasteiger partial charge in [-0.05, 0) is 36.2 Å². The van der Waals surface area contributed by atoms with Gasteiger partial charge in [0.1, 0.15) is 11.6 Å². The van der Waals surface area contributed by atoms with Crippen LogP contribution in [0, 0.1) is 5.92 Å². The lowest BCUT2D eigenvalue weighted by atomic mass is 9.99. The van der Waals surface area contributed by atoms with Crippen LogP contribution in [0.15, 0.2) is 52.9 Å². The second kappa shape index (κ2) is 8.56. The van der Waals surface area contributed by atoms with Gasteiger partial charge in [-0.2, -0.15) is 0 Å². The van der Waals surface area contributed by atoms with Crippen LogP contribution in [0.25, 0.3) is 22.6 Å². The van der Waals surface area contributed by atoms with E-state index in [1.54, 1.807) is 18.2 Å². The molecule has 1 aromatic heterocycles. The van der Waals surface area contributed by atoms with E-state index in [1.165, 1.54) is 7.11 Å². The first-order chi connectivity index (χ1) is 13.5. The third-order valence-electron chi connectivity index (χ3n) is 4.62. The fourth-order valence-corrected chi connectivity index (χ4v) is 2.83. The maximum Gasteiger partial charge on any atom is 0.328 e. The van der Waals surface area contributed by atoms with Gasteiger partial charge in [-0.3, -0.25) is 0 Å². The first-order valence-electron chi connectivity index (χ1n) is 9.13. The molecule has 0 aliphatic heterocycles. The molecular weight excluding hydrogens is 358 g/mol. The molecule has 7 heteroatoms. The molecular formula is C21H23N3O4. The number of carbonyl (C=O) groups is 2. The van der Waals surface area contributed by atoms with E-state index in [-0.39, 0.29) is 5.92 Å². The number of nitrogens with zero attached hydrogens (tertiary/aromatic N) is 1. The van der Waals surface area contributed by atoms with Gasteiger partial charge in [0.15, 0.2) is 5.58 Å². The number of fused-ring (bicyclic) bond motifs is 1. The van der Waals surface area contributed by atoms with Crippen molar-refractivity contribution >= 4 is 28.8 Å². The van der Waals surface area contributed by atoms with Gasteiger partial charge >= 0.3 is 12.0 Å². The van der Waals surface area contributed by atoms with Crippen molar-refractivity contribution in [2.24, 2.45) is 5.92 Å². The Labute approximate surface area is 163 Å². The second-order valence-corrected chi connectivity index (χ2v) is 6.55. The number of carbonyl (C=O) groups excluding carboxylic acids is 2. The molecule has 2 atom stereocenters. The number of urea groups is 1. The Bertz CT molecular complexity index is 949. The number of nitrogens with one attached hydrogen (secondary N) is 2. The van der Waals surface area contributed by atoms with Gasteiger partial charge < -0.3 is 19.8 Å². The van der Waals surface area contributed by atoms with E-state index < -0.39 is 18.0 Å². The Hall–Kier alpha value is -3.35. The number of rotatable bonds is 6. The van der Waals surface area contributed by atoms with E-state index in [1.807, 2.05) is 44.2 Å². The zero-order valence-electron chi connectivity index (χ0n) is 16.1. The van der Waals surface area contributed by atoms with E-state index in [0.717, 1.165) is 17.5 Å². The zero-order valence-corrected chi connectivity index (χ0v) is 16.1. The Morgan fingerprint density at radius 3 is 2.68 bits per heavy atom. The van der Waals surface area contributed by atoms with Crippen LogP contribution in [0.3, 0.4) is 0 Å². The van der Waals surface area contributed by atoms with Gasteiger partial charge in [0.05, 0.1) is 7.11 Å². The third kappa shape index (κ3) is 4.31. The largest absolute Gasteiger partial charge is 0.467 e. The molecule has 1 heterocycles. The molecule has 0 spiro atoms. The Balaban J connectivity index is 1.75. The van der Waals surface area contributed by atoms with E-state index >= 15 is 0 Å². The van der Waals surface area contributed by atoms with Gasteiger partial charge in [0.2, 0.25) is 5.89 Å². The van der Waals surface area contributed by atoms with E-state index in [9.17, 15) is 9.59 Å². The Morgan fingerprint density at radius 2 is 1.96 bits per heavy atom. The molecule has 7 nitrogen and oxygen atoms in total. The van der Waals surface area contributed by atoms with Crippen LogP contribution in [-0.4, -0.2) is 30.1 Å². The van der Waals surface area contributed by atoms with Crippen LogP contribution >= 0.6 is 0 Å². The number of hydrogen-bond donors (Lipinski definition) is 2. The van der Waals surface area contributed by atoms with E-state index in [2.05, 4.69) is 15.6 Å². The minimum Gasteiger partial charge on any atom is -0.467 e. The summed E-state index contributed by atoms with van der Waals surface area (Å²) in [7, 11) is 1.31. The van der Waals surface area contributed by atoms with Gasteiger partial charge in [-0.1, -0.05) is 38.5 Å². The lowest BCUT2D eigenvalue weighted by Crippen LogP contribution is -2.47. The quantitative estimate of drug-likeness (QED) is 0.624. The number of oxazole rings is 1. The Morgan fingerprint density at radius 1 is 1.18 bits per heavy atom. The van der Waals surface area contributed by atoms with Gasteiger partial charge in [0, 0.05) is 11.3 Å². The molecule has 3 rings (SSSR count). The number of benzene rings is 2. The molecule has 0 saturated heterocycles. The number of aromatic nitrogens is 1. The molecule has 0 saturated carbocycles. The molecule has 0 aliphatic rings. The average Bonchev–Trinajstić information content (AvgIpc) is 3.15. The standard InChI is InChI=1S/C21H23N3O4/c1-4-13(2)18(20(25)27-3)24-21(26)22-15-9-7-8-14(12-15)19-23-16-10-5-6-11-17(16)28-19/h5-13,18H,4H2,1-3H3,(H2,22,24,26). The molecule has 0 radical (unpaired) electrons. The molecule has 2 unspecified atom stereocenters. The highest BCUT2D eigenvalue weighted by Gasteiger charge is 2.26. The molecule has 0 fully saturated rings. The minimum absolute atomic E-state index is 0.0516. The number of amides is 2. The van der Waals surface area contributed by atoms with Crippen LogP contribution in [0.4, 0.5) is 10.5 Å². The zero-order chi connectivity index (χ0) is 20.1. The molecule has 2 aromatic carbocycles. The highest BCUT2D eigenvalue weighted by Crippen LogP contribution is 2.26. The molecule has 2 N–H and O–H groups in total. The lowest BCUT2D eigenvalue weighted by molar-refractivity contribution is -0.144. The SMILES string of the molecule is CCC(C)C(NC(=O)Nc1cccc(-c2nc3ccccc3o2)c1)C(=O)OC. The summed E-state index contributed by atoms with van der Waals surface area (Å²) in [5.74, 6) is -0.0497. The summed E-state index contributed by atoms with van der Waals surface area (Å²) in [5, 5.41) is 5.43. The first kappa shape index (κ1) is 19.4. The summed E-state index contributed by atoms with van der Waals surface area (Å²) >= 11 is 0. The number of anilines is 1. The number of methoxy groups -OCH3 is 1. The summed E-state index contributed by atoms with van der Waals surface area (Å²) in [5.41, 5.74) is 2.76. The summed E-state index contributed by atoms with van der Waals surface area (Å²) in [4.78, 5) is 28.8. The van der Waals surface area contributed by atoms with Gasteiger partial charge in [0.25, 0.3) is 0 Å². The van der Waals surface area contributed by atoms with E-state index in [4.69, 9.17) is 9.15 Å². The lowest BCUT2D eigenvalue weighted by Gasteiger charge is -2.22. The van der Waals surface area contributed by atoms with Gasteiger partial charge in [-0.25, -0.2) is 14.6 Å². The third-order valence-corrected chi connectivity index (χ3v) is 4.62. The summed E-state index contributed by atoms with van der Waals surface area (Å²) in [6, 6.07) is 13.5. The maximum atomic E-state index is 12.4. The fourth-order valence-electron chi connectivity index (χ4n) is 2.83. The number of esters is 1. The normalized spacial score (nSPS) is 13.0. The van der Waals surface area contributed by atoms with Crippen LogP contribution in [-0.2, 0) is 9.53 Å². The molecule has 2 amide bonds. The highest BCUT2D eigenvalue weighted by atomic mass is 16.5.